The molecule has 0 saturated heterocycles. The number of nitrogens with one attached hydrogen (secondary N) is 1. The summed E-state index contributed by atoms with van der Waals surface area (Å²) in [5.41, 5.74) is 2.94. The molecule has 31 heavy (non-hydrogen) atoms. The van der Waals surface area contributed by atoms with Gasteiger partial charge in [-0.1, -0.05) is 42.1 Å². The summed E-state index contributed by atoms with van der Waals surface area (Å²) in [5.74, 6) is 2.04. The largest absolute Gasteiger partial charge is 0.493 e. The van der Waals surface area contributed by atoms with Gasteiger partial charge >= 0.3 is 0 Å². The molecule has 0 fully saturated rings. The summed E-state index contributed by atoms with van der Waals surface area (Å²) < 4.78 is 13.1. The second-order valence-corrected chi connectivity index (χ2v) is 7.84. The number of ether oxygens (including phenoxy) is 2. The second-order valence-electron chi connectivity index (χ2n) is 6.89. The summed E-state index contributed by atoms with van der Waals surface area (Å²) in [5, 5.41) is 12.1. The number of allylic oxidation sites excluding steroid dienone is 1. The molecule has 3 rings (SSSR count). The zero-order valence-corrected chi connectivity index (χ0v) is 18.7. The van der Waals surface area contributed by atoms with Crippen LogP contribution in [0.4, 0.5) is 5.69 Å². The van der Waals surface area contributed by atoms with E-state index in [9.17, 15) is 4.79 Å². The van der Waals surface area contributed by atoms with Crippen LogP contribution in [0, 0.1) is 13.8 Å². The van der Waals surface area contributed by atoms with E-state index >= 15 is 0 Å². The third-order valence-corrected chi connectivity index (χ3v) is 5.50. The number of aryl methyl sites for hydroxylation is 2. The molecule has 8 heteroatoms. The number of benzene rings is 2. The third kappa shape index (κ3) is 5.88. The Hall–Kier alpha value is -3.26. The van der Waals surface area contributed by atoms with E-state index in [4.69, 9.17) is 9.47 Å². The van der Waals surface area contributed by atoms with Crippen LogP contribution in [0.15, 0.2) is 60.3 Å². The van der Waals surface area contributed by atoms with Crippen LogP contribution in [0.3, 0.4) is 0 Å². The highest BCUT2D eigenvalue weighted by atomic mass is 32.2. The van der Waals surface area contributed by atoms with E-state index in [0.29, 0.717) is 29.0 Å². The van der Waals surface area contributed by atoms with E-state index in [1.807, 2.05) is 60.9 Å². The highest BCUT2D eigenvalue weighted by Crippen LogP contribution is 2.27. The van der Waals surface area contributed by atoms with Crippen molar-refractivity contribution in [3.63, 3.8) is 0 Å². The summed E-state index contributed by atoms with van der Waals surface area (Å²) in [6.07, 6.45) is 1.76. The van der Waals surface area contributed by atoms with Gasteiger partial charge in [-0.15, -0.1) is 16.8 Å². The molecule has 7 nitrogen and oxygen atoms in total. The molecule has 0 spiro atoms. The first kappa shape index (κ1) is 22.4. The SMILES string of the molecule is C=CCn1c(COc2ccccc2OC)nnc1SCC(=O)Nc1cc(C)ccc1C. The third-order valence-electron chi connectivity index (χ3n) is 4.53. The molecule has 0 aliphatic heterocycles. The van der Waals surface area contributed by atoms with Gasteiger partial charge in [-0.2, -0.15) is 0 Å². The molecule has 0 radical (unpaired) electrons. The van der Waals surface area contributed by atoms with Crippen molar-refractivity contribution in [2.24, 2.45) is 0 Å². The van der Waals surface area contributed by atoms with E-state index in [1.54, 1.807) is 13.2 Å². The topological polar surface area (TPSA) is 78.3 Å². The number of hydrogen-bond acceptors (Lipinski definition) is 6. The minimum absolute atomic E-state index is 0.0984. The van der Waals surface area contributed by atoms with Gasteiger partial charge in [-0.05, 0) is 43.2 Å². The van der Waals surface area contributed by atoms with Gasteiger partial charge in [0.05, 0.1) is 12.9 Å². The average Bonchev–Trinajstić information content (AvgIpc) is 3.15. The van der Waals surface area contributed by atoms with Crippen molar-refractivity contribution in [3.05, 3.63) is 72.1 Å². The quantitative estimate of drug-likeness (QED) is 0.373. The summed E-state index contributed by atoms with van der Waals surface area (Å²) in [6, 6.07) is 13.4. The number of carbonyl (C=O) groups is 1. The number of anilines is 1. The van der Waals surface area contributed by atoms with E-state index in [0.717, 1.165) is 16.8 Å². The molecule has 162 valence electrons. The van der Waals surface area contributed by atoms with E-state index in [2.05, 4.69) is 22.1 Å². The molecule has 0 atom stereocenters. The molecule has 1 amide bonds. The molecule has 0 saturated carbocycles. The van der Waals surface area contributed by atoms with Crippen molar-refractivity contribution in [1.82, 2.24) is 14.8 Å². The Morgan fingerprint density at radius 3 is 2.71 bits per heavy atom. The number of aromatic nitrogens is 3. The average molecular weight is 439 g/mol. The summed E-state index contributed by atoms with van der Waals surface area (Å²) in [7, 11) is 1.60. The smallest absolute Gasteiger partial charge is 0.234 e. The van der Waals surface area contributed by atoms with Crippen LogP contribution in [0.5, 0.6) is 11.5 Å². The summed E-state index contributed by atoms with van der Waals surface area (Å²) >= 11 is 1.32. The van der Waals surface area contributed by atoms with Gasteiger partial charge in [0.1, 0.15) is 6.61 Å². The molecule has 1 heterocycles. The fourth-order valence-corrected chi connectivity index (χ4v) is 3.68. The first-order valence-electron chi connectivity index (χ1n) is 9.80. The van der Waals surface area contributed by atoms with Crippen molar-refractivity contribution in [1.29, 1.82) is 0 Å². The van der Waals surface area contributed by atoms with E-state index < -0.39 is 0 Å². The molecule has 0 bridgehead atoms. The maximum absolute atomic E-state index is 12.5. The van der Waals surface area contributed by atoms with Crippen LogP contribution < -0.4 is 14.8 Å². The highest BCUT2D eigenvalue weighted by molar-refractivity contribution is 7.99. The summed E-state index contributed by atoms with van der Waals surface area (Å²) in [6.45, 7) is 8.50. The lowest BCUT2D eigenvalue weighted by atomic mass is 10.1. The van der Waals surface area contributed by atoms with Crippen molar-refractivity contribution in [2.45, 2.75) is 32.2 Å². The summed E-state index contributed by atoms with van der Waals surface area (Å²) in [4.78, 5) is 12.5. The number of rotatable bonds is 10. The predicted molar refractivity (Wildman–Crippen MR) is 123 cm³/mol. The van der Waals surface area contributed by atoms with Crippen LogP contribution in [-0.4, -0.2) is 33.5 Å². The van der Waals surface area contributed by atoms with Gasteiger partial charge in [0.25, 0.3) is 0 Å². The Balaban J connectivity index is 1.65. The zero-order chi connectivity index (χ0) is 22.2. The number of methoxy groups -OCH3 is 1. The normalized spacial score (nSPS) is 10.5. The number of amides is 1. The molecular weight excluding hydrogens is 412 g/mol. The fourth-order valence-electron chi connectivity index (χ4n) is 2.91. The molecule has 1 aromatic heterocycles. The number of thioether (sulfide) groups is 1. The Labute approximate surface area is 186 Å². The van der Waals surface area contributed by atoms with E-state index in [-0.39, 0.29) is 18.3 Å². The first-order chi connectivity index (χ1) is 15.0. The van der Waals surface area contributed by atoms with Crippen LogP contribution in [0.2, 0.25) is 0 Å². The van der Waals surface area contributed by atoms with Gasteiger partial charge in [0.15, 0.2) is 22.5 Å². The molecule has 2 aromatic carbocycles. The van der Waals surface area contributed by atoms with Gasteiger partial charge < -0.3 is 14.8 Å². The molecule has 1 N–H and O–H groups in total. The van der Waals surface area contributed by atoms with Crippen LogP contribution in [0.25, 0.3) is 0 Å². The van der Waals surface area contributed by atoms with Gasteiger partial charge in [-0.3, -0.25) is 9.36 Å². The minimum atomic E-state index is -0.0984. The van der Waals surface area contributed by atoms with E-state index in [1.165, 1.54) is 11.8 Å². The first-order valence-corrected chi connectivity index (χ1v) is 10.8. The number of hydrogen-bond donors (Lipinski definition) is 1. The van der Waals surface area contributed by atoms with Crippen LogP contribution in [-0.2, 0) is 17.9 Å². The standard InChI is InChI=1S/C23H26N4O3S/c1-5-12-27-21(14-30-20-9-7-6-8-19(20)29-4)25-26-23(27)31-15-22(28)24-18-13-16(2)10-11-17(18)3/h5-11,13H,1,12,14-15H2,2-4H3,(H,24,28). The van der Waals surface area contributed by atoms with Crippen LogP contribution >= 0.6 is 11.8 Å². The van der Waals surface area contributed by atoms with Crippen molar-refractivity contribution < 1.29 is 14.3 Å². The molecule has 0 aliphatic carbocycles. The Morgan fingerprint density at radius 2 is 1.97 bits per heavy atom. The molecule has 0 unspecified atom stereocenters. The van der Waals surface area contributed by atoms with Crippen LogP contribution in [0.1, 0.15) is 17.0 Å². The number of para-hydroxylation sites is 2. The molecular formula is C23H26N4O3S. The molecule has 0 aliphatic rings. The predicted octanol–water partition coefficient (Wildman–Crippen LogP) is 4.40. The van der Waals surface area contributed by atoms with Gasteiger partial charge in [0, 0.05) is 12.2 Å². The lowest BCUT2D eigenvalue weighted by molar-refractivity contribution is -0.113. The lowest BCUT2D eigenvalue weighted by Gasteiger charge is -2.12. The van der Waals surface area contributed by atoms with Crippen molar-refractivity contribution >= 4 is 23.4 Å². The van der Waals surface area contributed by atoms with Crippen molar-refractivity contribution in [2.75, 3.05) is 18.2 Å². The highest BCUT2D eigenvalue weighted by Gasteiger charge is 2.15. The second kappa shape index (κ2) is 10.7. The Morgan fingerprint density at radius 1 is 1.19 bits per heavy atom. The Kier molecular flexibility index (Phi) is 7.72. The maximum atomic E-state index is 12.5. The maximum Gasteiger partial charge on any atom is 0.234 e. The number of carbonyl (C=O) groups excluding carboxylic acids is 1. The van der Waals surface area contributed by atoms with Gasteiger partial charge in [0.2, 0.25) is 5.91 Å². The Bertz CT molecular complexity index is 1060. The number of nitrogens with zero attached hydrogens (tertiary/aromatic N) is 3. The molecule has 3 aromatic rings. The zero-order valence-electron chi connectivity index (χ0n) is 17.9. The lowest BCUT2D eigenvalue weighted by Crippen LogP contribution is -2.15. The monoisotopic (exact) mass is 438 g/mol. The van der Waals surface area contributed by atoms with Gasteiger partial charge in [-0.25, -0.2) is 0 Å². The fraction of sp³-hybridized carbons (Fsp3) is 0.261. The minimum Gasteiger partial charge on any atom is -0.493 e. The van der Waals surface area contributed by atoms with Crippen molar-refractivity contribution in [3.8, 4) is 11.5 Å².